The quantitative estimate of drug-likeness (QED) is 0.805. The van der Waals surface area contributed by atoms with Gasteiger partial charge in [0.05, 0.1) is 5.60 Å². The first-order valence-electron chi connectivity index (χ1n) is 5.81. The highest BCUT2D eigenvalue weighted by Crippen LogP contribution is 2.28. The van der Waals surface area contributed by atoms with Gasteiger partial charge in [-0.05, 0) is 59.3 Å². The van der Waals surface area contributed by atoms with Crippen molar-refractivity contribution in [3.63, 3.8) is 0 Å². The first-order chi connectivity index (χ1) is 8.90. The molecule has 0 aliphatic carbocycles. The first-order valence-corrected chi connectivity index (χ1v) is 6.89. The van der Waals surface area contributed by atoms with Crippen LogP contribution in [0.25, 0.3) is 0 Å². The molecule has 1 atom stereocenters. The Morgan fingerprint density at radius 1 is 1.05 bits per heavy atom. The molecule has 0 aliphatic heterocycles. The molecular weight excluding hydrogens is 361 g/mol. The number of benzene rings is 2. The van der Waals surface area contributed by atoms with Gasteiger partial charge in [0.25, 0.3) is 0 Å². The molecule has 2 aromatic rings. The fourth-order valence-corrected chi connectivity index (χ4v) is 2.32. The lowest BCUT2D eigenvalue weighted by molar-refractivity contribution is 0.0557. The molecule has 0 fully saturated rings. The summed E-state index contributed by atoms with van der Waals surface area (Å²) in [6, 6.07) is 10.9. The Morgan fingerprint density at radius 2 is 1.58 bits per heavy atom. The normalized spacial score (nSPS) is 14.2. The molecule has 0 spiro atoms. The van der Waals surface area contributed by atoms with E-state index in [0.717, 1.165) is 3.57 Å². The summed E-state index contributed by atoms with van der Waals surface area (Å²) < 4.78 is 28.3. The van der Waals surface area contributed by atoms with Crippen molar-refractivity contribution in [3.8, 4) is 0 Å². The average Bonchev–Trinajstić information content (AvgIpc) is 2.35. The molecule has 0 radical (unpaired) electrons. The fourth-order valence-electron chi connectivity index (χ4n) is 1.96. The van der Waals surface area contributed by atoms with E-state index in [1.54, 1.807) is 19.1 Å². The molecule has 2 aromatic carbocycles. The third kappa shape index (κ3) is 3.30. The van der Waals surface area contributed by atoms with Crippen molar-refractivity contribution in [3.05, 3.63) is 68.8 Å². The van der Waals surface area contributed by atoms with Crippen LogP contribution < -0.4 is 0 Å². The van der Waals surface area contributed by atoms with Crippen LogP contribution in [0, 0.1) is 15.2 Å². The molecule has 0 heterocycles. The van der Waals surface area contributed by atoms with Gasteiger partial charge in [0.1, 0.15) is 11.6 Å². The van der Waals surface area contributed by atoms with Crippen molar-refractivity contribution in [1.29, 1.82) is 0 Å². The zero-order valence-electron chi connectivity index (χ0n) is 10.3. The van der Waals surface area contributed by atoms with Gasteiger partial charge in [0.15, 0.2) is 0 Å². The van der Waals surface area contributed by atoms with Gasteiger partial charge in [-0.3, -0.25) is 0 Å². The van der Waals surface area contributed by atoms with E-state index in [9.17, 15) is 13.9 Å². The van der Waals surface area contributed by atoms with Crippen molar-refractivity contribution in [2.45, 2.75) is 18.9 Å². The lowest BCUT2D eigenvalue weighted by Gasteiger charge is -2.24. The third-order valence-corrected chi connectivity index (χ3v) is 3.77. The first kappa shape index (κ1) is 14.4. The summed E-state index contributed by atoms with van der Waals surface area (Å²) in [5.74, 6) is -1.27. The predicted molar refractivity (Wildman–Crippen MR) is 78.8 cm³/mol. The standard InChI is InChI=1S/C15H13F2IO/c1-15(19,10-5-7-11(18)8-6-10)9-12-13(16)3-2-4-14(12)17/h2-8,19H,9H2,1H3. The van der Waals surface area contributed by atoms with Crippen LogP contribution in [-0.4, -0.2) is 5.11 Å². The Bertz CT molecular complexity index is 559. The number of hydrogen-bond donors (Lipinski definition) is 1. The Labute approximate surface area is 124 Å². The molecule has 0 bridgehead atoms. The van der Waals surface area contributed by atoms with Gasteiger partial charge in [0, 0.05) is 15.6 Å². The van der Waals surface area contributed by atoms with E-state index in [-0.39, 0.29) is 12.0 Å². The van der Waals surface area contributed by atoms with Gasteiger partial charge in [-0.15, -0.1) is 0 Å². The molecule has 0 amide bonds. The molecule has 0 aliphatic rings. The molecule has 1 N–H and O–H groups in total. The molecule has 2 rings (SSSR count). The number of aliphatic hydroxyl groups is 1. The number of hydrogen-bond acceptors (Lipinski definition) is 1. The molecule has 0 saturated heterocycles. The lowest BCUT2D eigenvalue weighted by atomic mass is 9.89. The molecule has 1 nitrogen and oxygen atoms in total. The third-order valence-electron chi connectivity index (χ3n) is 3.05. The van der Waals surface area contributed by atoms with Crippen molar-refractivity contribution >= 4 is 22.6 Å². The van der Waals surface area contributed by atoms with E-state index in [2.05, 4.69) is 22.6 Å². The van der Waals surface area contributed by atoms with E-state index >= 15 is 0 Å². The largest absolute Gasteiger partial charge is 0.385 e. The Hall–Kier alpha value is -1.01. The van der Waals surface area contributed by atoms with E-state index < -0.39 is 17.2 Å². The lowest BCUT2D eigenvalue weighted by Crippen LogP contribution is -2.25. The zero-order valence-corrected chi connectivity index (χ0v) is 12.5. The van der Waals surface area contributed by atoms with Crippen LogP contribution >= 0.6 is 22.6 Å². The summed E-state index contributed by atoms with van der Waals surface area (Å²) in [4.78, 5) is 0. The van der Waals surface area contributed by atoms with E-state index in [4.69, 9.17) is 0 Å². The Kier molecular flexibility index (Phi) is 4.20. The number of halogens is 3. The molecule has 19 heavy (non-hydrogen) atoms. The summed E-state index contributed by atoms with van der Waals surface area (Å²) in [5.41, 5.74) is -0.769. The van der Waals surface area contributed by atoms with E-state index in [1.165, 1.54) is 18.2 Å². The van der Waals surface area contributed by atoms with Crippen molar-refractivity contribution in [1.82, 2.24) is 0 Å². The van der Waals surface area contributed by atoms with Crippen molar-refractivity contribution in [2.24, 2.45) is 0 Å². The van der Waals surface area contributed by atoms with Crippen LogP contribution in [0.2, 0.25) is 0 Å². The Balaban J connectivity index is 2.33. The van der Waals surface area contributed by atoms with E-state index in [0.29, 0.717) is 5.56 Å². The predicted octanol–water partition coefficient (Wildman–Crippen LogP) is 4.02. The maximum Gasteiger partial charge on any atom is 0.129 e. The zero-order chi connectivity index (χ0) is 14.0. The second-order valence-electron chi connectivity index (χ2n) is 4.66. The topological polar surface area (TPSA) is 20.2 Å². The SMILES string of the molecule is CC(O)(Cc1c(F)cccc1F)c1ccc(I)cc1. The molecule has 1 unspecified atom stereocenters. The van der Waals surface area contributed by atoms with Gasteiger partial charge in [0.2, 0.25) is 0 Å². The smallest absolute Gasteiger partial charge is 0.129 e. The summed E-state index contributed by atoms with van der Waals surface area (Å²) in [7, 11) is 0. The summed E-state index contributed by atoms with van der Waals surface area (Å²) >= 11 is 2.16. The monoisotopic (exact) mass is 374 g/mol. The maximum atomic E-state index is 13.6. The van der Waals surface area contributed by atoms with Crippen molar-refractivity contribution < 1.29 is 13.9 Å². The van der Waals surface area contributed by atoms with Gasteiger partial charge in [-0.25, -0.2) is 8.78 Å². The highest BCUT2D eigenvalue weighted by Gasteiger charge is 2.26. The maximum absolute atomic E-state index is 13.6. The molecule has 0 aromatic heterocycles. The van der Waals surface area contributed by atoms with Crippen molar-refractivity contribution in [2.75, 3.05) is 0 Å². The minimum atomic E-state index is -1.31. The van der Waals surface area contributed by atoms with Crippen LogP contribution in [0.1, 0.15) is 18.1 Å². The number of rotatable bonds is 3. The average molecular weight is 374 g/mol. The van der Waals surface area contributed by atoms with Crippen LogP contribution in [0.15, 0.2) is 42.5 Å². The fraction of sp³-hybridized carbons (Fsp3) is 0.200. The van der Waals surface area contributed by atoms with Gasteiger partial charge in [-0.1, -0.05) is 18.2 Å². The molecule has 100 valence electrons. The second-order valence-corrected chi connectivity index (χ2v) is 5.90. The van der Waals surface area contributed by atoms with Crippen LogP contribution in [0.3, 0.4) is 0 Å². The van der Waals surface area contributed by atoms with E-state index in [1.807, 2.05) is 12.1 Å². The minimum absolute atomic E-state index is 0.0916. The second kappa shape index (κ2) is 5.54. The molecule has 4 heteroatoms. The van der Waals surface area contributed by atoms with Crippen LogP contribution in [0.4, 0.5) is 8.78 Å². The minimum Gasteiger partial charge on any atom is -0.385 e. The highest BCUT2D eigenvalue weighted by molar-refractivity contribution is 14.1. The van der Waals surface area contributed by atoms with Gasteiger partial charge >= 0.3 is 0 Å². The summed E-state index contributed by atoms with van der Waals surface area (Å²) in [5, 5.41) is 10.4. The summed E-state index contributed by atoms with van der Waals surface area (Å²) in [6.45, 7) is 1.56. The van der Waals surface area contributed by atoms with Crippen LogP contribution in [-0.2, 0) is 12.0 Å². The van der Waals surface area contributed by atoms with Gasteiger partial charge < -0.3 is 5.11 Å². The Morgan fingerprint density at radius 3 is 2.11 bits per heavy atom. The van der Waals surface area contributed by atoms with Gasteiger partial charge in [-0.2, -0.15) is 0 Å². The van der Waals surface area contributed by atoms with Crippen LogP contribution in [0.5, 0.6) is 0 Å². The molecule has 0 saturated carbocycles. The summed E-state index contributed by atoms with van der Waals surface area (Å²) in [6.07, 6.45) is -0.105. The molecular formula is C15H13F2IO. The highest BCUT2D eigenvalue weighted by atomic mass is 127.